The van der Waals surface area contributed by atoms with Gasteiger partial charge in [0.15, 0.2) is 5.69 Å². The summed E-state index contributed by atoms with van der Waals surface area (Å²) in [6, 6.07) is 10.4. The van der Waals surface area contributed by atoms with E-state index in [0.717, 1.165) is 55.4 Å². The lowest BCUT2D eigenvalue weighted by Gasteiger charge is -2.26. The van der Waals surface area contributed by atoms with Crippen LogP contribution in [0.5, 0.6) is 0 Å². The summed E-state index contributed by atoms with van der Waals surface area (Å²) in [5, 5.41) is 11.4. The van der Waals surface area contributed by atoms with Crippen LogP contribution in [-0.4, -0.2) is 52.0 Å². The minimum Gasteiger partial charge on any atom is -0.379 e. The third-order valence-corrected chi connectivity index (χ3v) is 5.60. The van der Waals surface area contributed by atoms with E-state index in [2.05, 4.69) is 44.7 Å². The molecule has 0 aliphatic carbocycles. The fraction of sp³-hybridized carbons (Fsp3) is 0.435. The summed E-state index contributed by atoms with van der Waals surface area (Å²) in [5.41, 5.74) is 5.34. The maximum absolute atomic E-state index is 12.8. The Bertz CT molecular complexity index is 1030. The summed E-state index contributed by atoms with van der Waals surface area (Å²) in [6.07, 6.45) is 0. The summed E-state index contributed by atoms with van der Waals surface area (Å²) in [7, 11) is 0. The van der Waals surface area contributed by atoms with Gasteiger partial charge < -0.3 is 14.6 Å². The Kier molecular flexibility index (Phi) is 6.48. The number of aryl methyl sites for hydroxylation is 3. The molecule has 1 saturated heterocycles. The van der Waals surface area contributed by atoms with E-state index in [1.165, 1.54) is 5.56 Å². The van der Waals surface area contributed by atoms with Crippen LogP contribution in [-0.2, 0) is 24.4 Å². The topological polar surface area (TPSA) is 85.4 Å². The summed E-state index contributed by atoms with van der Waals surface area (Å²) in [4.78, 5) is 15.2. The van der Waals surface area contributed by atoms with Crippen molar-refractivity contribution in [1.29, 1.82) is 0 Å². The number of rotatable bonds is 7. The highest BCUT2D eigenvalue weighted by molar-refractivity contribution is 5.93. The highest BCUT2D eigenvalue weighted by Gasteiger charge is 2.21. The number of aromatic nitrogens is 3. The largest absolute Gasteiger partial charge is 0.379 e. The summed E-state index contributed by atoms with van der Waals surface area (Å²) in [6.45, 7) is 11.1. The van der Waals surface area contributed by atoms with Gasteiger partial charge >= 0.3 is 0 Å². The molecule has 1 fully saturated rings. The molecule has 0 radical (unpaired) electrons. The molecule has 0 bridgehead atoms. The molecule has 8 nitrogen and oxygen atoms in total. The molecule has 1 aromatic carbocycles. The maximum Gasteiger partial charge on any atom is 0.274 e. The average molecular weight is 424 g/mol. The van der Waals surface area contributed by atoms with Crippen LogP contribution in [0.15, 0.2) is 34.9 Å². The number of nitrogens with one attached hydrogen (secondary N) is 1. The van der Waals surface area contributed by atoms with Crippen molar-refractivity contribution in [2.75, 3.05) is 26.3 Å². The van der Waals surface area contributed by atoms with Crippen molar-refractivity contribution in [3.05, 3.63) is 69.9 Å². The van der Waals surface area contributed by atoms with E-state index in [-0.39, 0.29) is 5.91 Å². The molecule has 164 valence electrons. The Balaban J connectivity index is 1.36. The number of benzene rings is 1. The Morgan fingerprint density at radius 2 is 1.77 bits per heavy atom. The van der Waals surface area contributed by atoms with Gasteiger partial charge in [-0.2, -0.15) is 5.10 Å². The van der Waals surface area contributed by atoms with Crippen LogP contribution >= 0.6 is 0 Å². The molecule has 1 aliphatic heterocycles. The van der Waals surface area contributed by atoms with Crippen molar-refractivity contribution >= 4 is 5.91 Å². The number of hydrogen-bond acceptors (Lipinski definition) is 6. The molecule has 0 saturated carbocycles. The third-order valence-electron chi connectivity index (χ3n) is 5.60. The normalized spacial score (nSPS) is 14.7. The van der Waals surface area contributed by atoms with Gasteiger partial charge in [-0.1, -0.05) is 29.4 Å². The zero-order chi connectivity index (χ0) is 21.8. The minimum absolute atomic E-state index is 0.245. The number of morpholine rings is 1. The lowest BCUT2D eigenvalue weighted by molar-refractivity contribution is 0.0342. The third kappa shape index (κ3) is 5.21. The van der Waals surface area contributed by atoms with Crippen LogP contribution in [0.4, 0.5) is 0 Å². The van der Waals surface area contributed by atoms with Crippen molar-refractivity contribution in [3.8, 4) is 0 Å². The van der Waals surface area contributed by atoms with Gasteiger partial charge in [-0.15, -0.1) is 0 Å². The van der Waals surface area contributed by atoms with E-state index in [9.17, 15) is 4.79 Å². The first-order chi connectivity index (χ1) is 15.0. The average Bonchev–Trinajstić information content (AvgIpc) is 3.29. The second kappa shape index (κ2) is 9.45. The predicted octanol–water partition coefficient (Wildman–Crippen LogP) is 2.61. The van der Waals surface area contributed by atoms with Crippen molar-refractivity contribution in [2.45, 2.75) is 40.4 Å². The van der Waals surface area contributed by atoms with E-state index in [0.29, 0.717) is 24.5 Å². The lowest BCUT2D eigenvalue weighted by atomic mass is 10.1. The number of carbonyl (C=O) groups excluding carboxylic acids is 1. The first kappa shape index (κ1) is 21.3. The summed E-state index contributed by atoms with van der Waals surface area (Å²) in [5.74, 6) is 0.385. The van der Waals surface area contributed by atoms with E-state index in [1.54, 1.807) is 0 Å². The predicted molar refractivity (Wildman–Crippen MR) is 116 cm³/mol. The van der Waals surface area contributed by atoms with Crippen molar-refractivity contribution in [2.24, 2.45) is 0 Å². The fourth-order valence-electron chi connectivity index (χ4n) is 3.79. The number of amides is 1. The lowest BCUT2D eigenvalue weighted by Crippen LogP contribution is -2.35. The van der Waals surface area contributed by atoms with Crippen LogP contribution in [0, 0.1) is 20.8 Å². The molecule has 3 heterocycles. The smallest absolute Gasteiger partial charge is 0.274 e. The van der Waals surface area contributed by atoms with Crippen molar-refractivity contribution in [3.63, 3.8) is 0 Å². The van der Waals surface area contributed by atoms with Crippen LogP contribution in [0.3, 0.4) is 0 Å². The summed E-state index contributed by atoms with van der Waals surface area (Å²) < 4.78 is 12.6. The summed E-state index contributed by atoms with van der Waals surface area (Å²) >= 11 is 0. The molecule has 8 heteroatoms. The molecular formula is C23H29N5O3. The standard InChI is InChI=1S/C23H29N5O3/c1-16-12-17(2)28(25-16)15-21-18(3)31-26-22(21)23(29)24-13-19-4-6-20(7-5-19)14-27-8-10-30-11-9-27/h4-7,12H,8-11,13-15H2,1-3H3,(H,24,29). The molecule has 0 spiro atoms. The first-order valence-electron chi connectivity index (χ1n) is 10.6. The highest BCUT2D eigenvalue weighted by atomic mass is 16.5. The van der Waals surface area contributed by atoms with Gasteiger partial charge in [-0.25, -0.2) is 0 Å². The number of carbonyl (C=O) groups is 1. The Morgan fingerprint density at radius 1 is 1.06 bits per heavy atom. The van der Waals surface area contributed by atoms with Crippen LogP contribution < -0.4 is 5.32 Å². The molecule has 1 aliphatic rings. The van der Waals surface area contributed by atoms with Gasteiger partial charge in [-0.3, -0.25) is 14.4 Å². The van der Waals surface area contributed by atoms with Gasteiger partial charge in [0.1, 0.15) is 5.76 Å². The molecule has 0 atom stereocenters. The van der Waals surface area contributed by atoms with Crippen molar-refractivity contribution < 1.29 is 14.1 Å². The second-order valence-electron chi connectivity index (χ2n) is 8.04. The molecule has 4 rings (SSSR count). The Morgan fingerprint density at radius 3 is 2.45 bits per heavy atom. The highest BCUT2D eigenvalue weighted by Crippen LogP contribution is 2.17. The van der Waals surface area contributed by atoms with Crippen LogP contribution in [0.2, 0.25) is 0 Å². The molecule has 31 heavy (non-hydrogen) atoms. The molecule has 2 aromatic heterocycles. The van der Waals surface area contributed by atoms with Gasteiger partial charge in [-0.05, 0) is 38.0 Å². The van der Waals surface area contributed by atoms with E-state index in [1.807, 2.05) is 31.5 Å². The minimum atomic E-state index is -0.245. The molecule has 1 amide bonds. The maximum atomic E-state index is 12.8. The molecule has 1 N–H and O–H groups in total. The fourth-order valence-corrected chi connectivity index (χ4v) is 3.79. The monoisotopic (exact) mass is 423 g/mol. The van der Waals surface area contributed by atoms with Crippen LogP contribution in [0.1, 0.15) is 44.3 Å². The van der Waals surface area contributed by atoms with Gasteiger partial charge in [0.05, 0.1) is 25.5 Å². The Hall–Kier alpha value is -2.97. The zero-order valence-corrected chi connectivity index (χ0v) is 18.4. The second-order valence-corrected chi connectivity index (χ2v) is 8.04. The van der Waals surface area contributed by atoms with Gasteiger partial charge in [0.2, 0.25) is 0 Å². The first-order valence-corrected chi connectivity index (χ1v) is 10.6. The quantitative estimate of drug-likeness (QED) is 0.629. The van der Waals surface area contributed by atoms with E-state index in [4.69, 9.17) is 9.26 Å². The van der Waals surface area contributed by atoms with E-state index < -0.39 is 0 Å². The van der Waals surface area contributed by atoms with Gasteiger partial charge in [0, 0.05) is 37.4 Å². The number of nitrogens with zero attached hydrogens (tertiary/aromatic N) is 4. The van der Waals surface area contributed by atoms with Crippen molar-refractivity contribution in [1.82, 2.24) is 25.2 Å². The molecular weight excluding hydrogens is 394 g/mol. The van der Waals surface area contributed by atoms with Gasteiger partial charge in [0.25, 0.3) is 5.91 Å². The number of ether oxygens (including phenoxy) is 1. The molecule has 0 unspecified atom stereocenters. The zero-order valence-electron chi connectivity index (χ0n) is 18.4. The number of hydrogen-bond donors (Lipinski definition) is 1. The SMILES string of the molecule is Cc1cc(C)n(Cc2c(C(=O)NCc3ccc(CN4CCOCC4)cc3)noc2C)n1. The Labute approximate surface area is 182 Å². The molecule has 3 aromatic rings. The van der Waals surface area contributed by atoms with E-state index >= 15 is 0 Å². The van der Waals surface area contributed by atoms with Crippen LogP contribution in [0.25, 0.3) is 0 Å².